The third-order valence-corrected chi connectivity index (χ3v) is 1.87. The van der Waals surface area contributed by atoms with Crippen molar-refractivity contribution in [2.24, 2.45) is 0 Å². The molecule has 0 bridgehead atoms. The van der Waals surface area contributed by atoms with Crippen LogP contribution in [0.4, 0.5) is 0 Å². The molecule has 1 heterocycles. The molecule has 0 fully saturated rings. The van der Waals surface area contributed by atoms with Crippen molar-refractivity contribution in [2.45, 2.75) is 6.92 Å². The second kappa shape index (κ2) is 2.62. The maximum absolute atomic E-state index is 10.5. The quantitative estimate of drug-likeness (QED) is 0.652. The summed E-state index contributed by atoms with van der Waals surface area (Å²) in [5, 5.41) is 11.2. The summed E-state index contributed by atoms with van der Waals surface area (Å²) in [6.07, 6.45) is 0. The first-order chi connectivity index (χ1) is 6.16. The van der Waals surface area contributed by atoms with Gasteiger partial charge in [-0.05, 0) is 25.1 Å². The van der Waals surface area contributed by atoms with Crippen molar-refractivity contribution in [3.05, 3.63) is 35.6 Å². The van der Waals surface area contributed by atoms with Crippen LogP contribution < -0.4 is 5.11 Å². The molecule has 2 aromatic rings. The van der Waals surface area contributed by atoms with E-state index in [1.807, 2.05) is 19.1 Å². The van der Waals surface area contributed by atoms with E-state index in [1.165, 1.54) is 6.07 Å². The van der Waals surface area contributed by atoms with Crippen molar-refractivity contribution in [2.75, 3.05) is 0 Å². The van der Waals surface area contributed by atoms with Crippen LogP contribution in [0.2, 0.25) is 0 Å². The molecule has 0 unspecified atom stereocenters. The second-order valence-electron chi connectivity index (χ2n) is 2.94. The minimum absolute atomic E-state index is 0.124. The van der Waals surface area contributed by atoms with Gasteiger partial charge in [0.1, 0.15) is 11.6 Å². The van der Waals surface area contributed by atoms with Crippen LogP contribution in [-0.4, -0.2) is 5.97 Å². The van der Waals surface area contributed by atoms with Crippen LogP contribution in [0.15, 0.2) is 28.7 Å². The van der Waals surface area contributed by atoms with E-state index in [0.29, 0.717) is 5.58 Å². The first-order valence-corrected chi connectivity index (χ1v) is 3.88. The average molecular weight is 175 g/mol. The van der Waals surface area contributed by atoms with Crippen molar-refractivity contribution < 1.29 is 14.3 Å². The van der Waals surface area contributed by atoms with Gasteiger partial charge < -0.3 is 14.3 Å². The number of carbonyl (C=O) groups is 1. The SMILES string of the molecule is Cc1ccc2oc(C(=O)[O-])cc2c1. The average Bonchev–Trinajstić information content (AvgIpc) is 2.46. The van der Waals surface area contributed by atoms with Crippen molar-refractivity contribution in [1.82, 2.24) is 0 Å². The Morgan fingerprint density at radius 1 is 1.38 bits per heavy atom. The van der Waals surface area contributed by atoms with Crippen molar-refractivity contribution in [3.8, 4) is 0 Å². The first-order valence-electron chi connectivity index (χ1n) is 3.88. The number of fused-ring (bicyclic) bond motifs is 1. The van der Waals surface area contributed by atoms with E-state index in [0.717, 1.165) is 10.9 Å². The van der Waals surface area contributed by atoms with Gasteiger partial charge in [-0.1, -0.05) is 11.6 Å². The lowest BCUT2D eigenvalue weighted by atomic mass is 10.2. The Bertz CT molecular complexity index is 468. The Morgan fingerprint density at radius 2 is 2.15 bits per heavy atom. The Morgan fingerprint density at radius 3 is 2.85 bits per heavy atom. The molecule has 0 aliphatic carbocycles. The largest absolute Gasteiger partial charge is 0.542 e. The van der Waals surface area contributed by atoms with E-state index >= 15 is 0 Å². The lowest BCUT2D eigenvalue weighted by Gasteiger charge is -1.92. The molecule has 0 aliphatic rings. The third-order valence-electron chi connectivity index (χ3n) is 1.87. The Balaban J connectivity index is 2.68. The van der Waals surface area contributed by atoms with Gasteiger partial charge in [-0.3, -0.25) is 0 Å². The Kier molecular flexibility index (Phi) is 1.59. The summed E-state index contributed by atoms with van der Waals surface area (Å²) in [6.45, 7) is 1.94. The van der Waals surface area contributed by atoms with Gasteiger partial charge in [-0.2, -0.15) is 0 Å². The summed E-state index contributed by atoms with van der Waals surface area (Å²) in [5.41, 5.74) is 1.64. The van der Waals surface area contributed by atoms with Gasteiger partial charge in [0.2, 0.25) is 0 Å². The lowest BCUT2D eigenvalue weighted by Crippen LogP contribution is -2.21. The van der Waals surface area contributed by atoms with Gasteiger partial charge >= 0.3 is 0 Å². The normalized spacial score (nSPS) is 10.5. The van der Waals surface area contributed by atoms with Gasteiger partial charge in [0.25, 0.3) is 0 Å². The molecule has 0 saturated carbocycles. The van der Waals surface area contributed by atoms with Gasteiger partial charge in [-0.25, -0.2) is 0 Å². The zero-order valence-electron chi connectivity index (χ0n) is 7.03. The van der Waals surface area contributed by atoms with E-state index in [-0.39, 0.29) is 5.76 Å². The van der Waals surface area contributed by atoms with Crippen molar-refractivity contribution >= 4 is 16.9 Å². The second-order valence-corrected chi connectivity index (χ2v) is 2.94. The fraction of sp³-hybridized carbons (Fsp3) is 0.100. The van der Waals surface area contributed by atoms with E-state index < -0.39 is 5.97 Å². The number of aryl methyl sites for hydroxylation is 1. The zero-order chi connectivity index (χ0) is 9.42. The summed E-state index contributed by atoms with van der Waals surface area (Å²) in [7, 11) is 0. The van der Waals surface area contributed by atoms with E-state index in [4.69, 9.17) is 4.42 Å². The number of carboxylic acids is 1. The highest BCUT2D eigenvalue weighted by atomic mass is 16.4. The van der Waals surface area contributed by atoms with Gasteiger partial charge in [0.15, 0.2) is 5.76 Å². The maximum atomic E-state index is 10.5. The zero-order valence-corrected chi connectivity index (χ0v) is 7.03. The van der Waals surface area contributed by atoms with E-state index in [1.54, 1.807) is 6.07 Å². The van der Waals surface area contributed by atoms with Crippen LogP contribution in [0.25, 0.3) is 11.0 Å². The maximum Gasteiger partial charge on any atom is 0.150 e. The summed E-state index contributed by atoms with van der Waals surface area (Å²) < 4.78 is 5.02. The number of hydrogen-bond acceptors (Lipinski definition) is 3. The van der Waals surface area contributed by atoms with E-state index in [2.05, 4.69) is 0 Å². The molecule has 66 valence electrons. The van der Waals surface area contributed by atoms with Crippen LogP contribution >= 0.6 is 0 Å². The number of furan rings is 1. The standard InChI is InChI=1S/C10H8O3/c1-6-2-3-8-7(4-6)5-9(13-8)10(11)12/h2-5H,1H3,(H,11,12)/p-1. The molecule has 0 saturated heterocycles. The summed E-state index contributed by atoms with van der Waals surface area (Å²) in [4.78, 5) is 10.5. The predicted molar refractivity (Wildman–Crippen MR) is 45.3 cm³/mol. The van der Waals surface area contributed by atoms with Crippen LogP contribution in [0.5, 0.6) is 0 Å². The number of benzene rings is 1. The summed E-state index contributed by atoms with van der Waals surface area (Å²) in [5.74, 6) is -1.41. The molecule has 3 heteroatoms. The molecule has 0 radical (unpaired) electrons. The summed E-state index contributed by atoms with van der Waals surface area (Å²) >= 11 is 0. The minimum atomic E-state index is -1.28. The highest BCUT2D eigenvalue weighted by Crippen LogP contribution is 2.19. The topological polar surface area (TPSA) is 53.3 Å². The molecule has 13 heavy (non-hydrogen) atoms. The molecular weight excluding hydrogens is 168 g/mol. The summed E-state index contributed by atoms with van der Waals surface area (Å²) in [6, 6.07) is 6.95. The van der Waals surface area contributed by atoms with Crippen LogP contribution in [-0.2, 0) is 0 Å². The molecule has 3 nitrogen and oxygen atoms in total. The fourth-order valence-corrected chi connectivity index (χ4v) is 1.26. The van der Waals surface area contributed by atoms with Gasteiger partial charge in [-0.15, -0.1) is 0 Å². The van der Waals surface area contributed by atoms with E-state index in [9.17, 15) is 9.90 Å². The molecule has 0 N–H and O–H groups in total. The van der Waals surface area contributed by atoms with Crippen molar-refractivity contribution in [3.63, 3.8) is 0 Å². The molecular formula is C10H7O3-. The Labute approximate surface area is 74.6 Å². The van der Waals surface area contributed by atoms with Crippen molar-refractivity contribution in [1.29, 1.82) is 0 Å². The fourth-order valence-electron chi connectivity index (χ4n) is 1.26. The number of aromatic carboxylic acids is 1. The number of rotatable bonds is 1. The third kappa shape index (κ3) is 1.28. The molecule has 0 aliphatic heterocycles. The smallest absolute Gasteiger partial charge is 0.150 e. The minimum Gasteiger partial charge on any atom is -0.542 e. The molecule has 1 aromatic heterocycles. The Hall–Kier alpha value is -1.77. The lowest BCUT2D eigenvalue weighted by molar-refractivity contribution is -0.256. The van der Waals surface area contributed by atoms with Gasteiger partial charge in [0.05, 0.1) is 0 Å². The van der Waals surface area contributed by atoms with Crippen LogP contribution in [0.3, 0.4) is 0 Å². The molecule has 0 amide bonds. The van der Waals surface area contributed by atoms with Crippen LogP contribution in [0.1, 0.15) is 16.1 Å². The first kappa shape index (κ1) is 7.86. The number of carboxylic acid groups (broad SMARTS) is 1. The predicted octanol–water partition coefficient (Wildman–Crippen LogP) is 1.10. The molecule has 0 atom stereocenters. The molecule has 1 aromatic carbocycles. The molecule has 0 spiro atoms. The molecule has 2 rings (SSSR count). The number of hydrogen-bond donors (Lipinski definition) is 0. The monoisotopic (exact) mass is 175 g/mol. The van der Waals surface area contributed by atoms with Gasteiger partial charge in [0, 0.05) is 5.39 Å². The number of carbonyl (C=O) groups excluding carboxylic acids is 1. The van der Waals surface area contributed by atoms with Crippen LogP contribution in [0, 0.1) is 6.92 Å². The highest BCUT2D eigenvalue weighted by molar-refractivity contribution is 5.90. The highest BCUT2D eigenvalue weighted by Gasteiger charge is 2.03.